The Morgan fingerprint density at radius 3 is 3.04 bits per heavy atom. The standard InChI is InChI=1S/C18H21N3O2/c1-23-15-6-2-5-14(8-15)16-11-20-12-17(16)18(22)21-10-13-4-3-7-19-9-13/h2-9,16-17,20H,10-12H2,1H3,(H,21,22). The number of nitrogens with zero attached hydrogens (tertiary/aromatic N) is 1. The summed E-state index contributed by atoms with van der Waals surface area (Å²) in [5.74, 6) is 0.994. The van der Waals surface area contributed by atoms with Crippen LogP contribution in [0.25, 0.3) is 0 Å². The molecular formula is C18H21N3O2. The van der Waals surface area contributed by atoms with Crippen molar-refractivity contribution in [2.45, 2.75) is 12.5 Å². The zero-order chi connectivity index (χ0) is 16.1. The van der Waals surface area contributed by atoms with Gasteiger partial charge in [0.25, 0.3) is 0 Å². The first-order valence-electron chi connectivity index (χ1n) is 7.79. The summed E-state index contributed by atoms with van der Waals surface area (Å²) in [6.45, 7) is 2.01. The highest BCUT2D eigenvalue weighted by molar-refractivity contribution is 5.80. The Bertz CT molecular complexity index is 660. The molecule has 1 aliphatic heterocycles. The quantitative estimate of drug-likeness (QED) is 0.882. The second-order valence-electron chi connectivity index (χ2n) is 5.73. The molecule has 0 bridgehead atoms. The van der Waals surface area contributed by atoms with Crippen molar-refractivity contribution >= 4 is 5.91 Å². The summed E-state index contributed by atoms with van der Waals surface area (Å²) in [5, 5.41) is 6.34. The molecule has 0 radical (unpaired) electrons. The van der Waals surface area contributed by atoms with Crippen LogP contribution >= 0.6 is 0 Å². The second kappa shape index (κ2) is 7.24. The van der Waals surface area contributed by atoms with Crippen LogP contribution < -0.4 is 15.4 Å². The lowest BCUT2D eigenvalue weighted by molar-refractivity contribution is -0.125. The number of ether oxygens (including phenoxy) is 1. The van der Waals surface area contributed by atoms with Gasteiger partial charge in [0.05, 0.1) is 13.0 Å². The van der Waals surface area contributed by atoms with E-state index in [2.05, 4.69) is 21.7 Å². The highest BCUT2D eigenvalue weighted by atomic mass is 16.5. The van der Waals surface area contributed by atoms with Gasteiger partial charge < -0.3 is 15.4 Å². The summed E-state index contributed by atoms with van der Waals surface area (Å²) in [7, 11) is 1.66. The monoisotopic (exact) mass is 311 g/mol. The minimum absolute atomic E-state index is 0.0706. The first-order chi connectivity index (χ1) is 11.3. The lowest BCUT2D eigenvalue weighted by Gasteiger charge is -2.19. The van der Waals surface area contributed by atoms with Crippen molar-refractivity contribution in [2.24, 2.45) is 5.92 Å². The molecule has 0 spiro atoms. The third-order valence-electron chi connectivity index (χ3n) is 4.26. The van der Waals surface area contributed by atoms with E-state index in [4.69, 9.17) is 4.74 Å². The number of pyridine rings is 1. The van der Waals surface area contributed by atoms with Crippen LogP contribution in [0.5, 0.6) is 5.75 Å². The molecule has 5 heteroatoms. The third-order valence-corrected chi connectivity index (χ3v) is 4.26. The predicted octanol–water partition coefficient (Wildman–Crippen LogP) is 1.71. The predicted molar refractivity (Wildman–Crippen MR) is 88.2 cm³/mol. The van der Waals surface area contributed by atoms with Crippen LogP contribution in [0, 0.1) is 5.92 Å². The van der Waals surface area contributed by atoms with E-state index in [0.717, 1.165) is 23.4 Å². The van der Waals surface area contributed by atoms with Crippen molar-refractivity contribution in [3.05, 3.63) is 59.9 Å². The van der Waals surface area contributed by atoms with Crippen LogP contribution in [0.1, 0.15) is 17.0 Å². The molecule has 23 heavy (non-hydrogen) atoms. The van der Waals surface area contributed by atoms with Crippen LogP contribution in [0.3, 0.4) is 0 Å². The van der Waals surface area contributed by atoms with Gasteiger partial charge in [-0.05, 0) is 29.3 Å². The Labute approximate surface area is 136 Å². The van der Waals surface area contributed by atoms with E-state index >= 15 is 0 Å². The first kappa shape index (κ1) is 15.5. The molecule has 2 unspecified atom stereocenters. The van der Waals surface area contributed by atoms with E-state index in [1.165, 1.54) is 0 Å². The maximum atomic E-state index is 12.6. The molecular weight excluding hydrogens is 290 g/mol. The molecule has 0 saturated carbocycles. The molecule has 2 aromatic rings. The Morgan fingerprint density at radius 2 is 2.26 bits per heavy atom. The van der Waals surface area contributed by atoms with E-state index in [1.807, 2.05) is 30.3 Å². The summed E-state index contributed by atoms with van der Waals surface area (Å²) in [6, 6.07) is 11.8. The number of benzene rings is 1. The number of aromatic nitrogens is 1. The van der Waals surface area contributed by atoms with Crippen molar-refractivity contribution in [2.75, 3.05) is 20.2 Å². The molecule has 1 aromatic carbocycles. The average molecular weight is 311 g/mol. The normalized spacial score (nSPS) is 20.2. The van der Waals surface area contributed by atoms with Gasteiger partial charge in [0.2, 0.25) is 5.91 Å². The maximum absolute atomic E-state index is 12.6. The van der Waals surface area contributed by atoms with Crippen LogP contribution in [-0.4, -0.2) is 31.1 Å². The van der Waals surface area contributed by atoms with Gasteiger partial charge >= 0.3 is 0 Å². The molecule has 1 aliphatic rings. The van der Waals surface area contributed by atoms with Gasteiger partial charge in [-0.15, -0.1) is 0 Å². The number of hydrogen-bond acceptors (Lipinski definition) is 4. The summed E-state index contributed by atoms with van der Waals surface area (Å²) in [5.41, 5.74) is 2.14. The lowest BCUT2D eigenvalue weighted by atomic mass is 9.88. The highest BCUT2D eigenvalue weighted by Crippen LogP contribution is 2.30. The largest absolute Gasteiger partial charge is 0.497 e. The van der Waals surface area contributed by atoms with Crippen LogP contribution in [0.15, 0.2) is 48.8 Å². The van der Waals surface area contributed by atoms with E-state index in [0.29, 0.717) is 13.1 Å². The van der Waals surface area contributed by atoms with Crippen molar-refractivity contribution in [1.82, 2.24) is 15.6 Å². The molecule has 1 fully saturated rings. The average Bonchev–Trinajstić information content (AvgIpc) is 3.10. The van der Waals surface area contributed by atoms with E-state index in [-0.39, 0.29) is 17.7 Å². The topological polar surface area (TPSA) is 63.2 Å². The molecule has 1 saturated heterocycles. The van der Waals surface area contributed by atoms with Crippen molar-refractivity contribution in [3.8, 4) is 5.75 Å². The third kappa shape index (κ3) is 3.68. The SMILES string of the molecule is COc1cccc(C2CNCC2C(=O)NCc2cccnc2)c1. The fourth-order valence-corrected chi connectivity index (χ4v) is 3.00. The molecule has 2 atom stereocenters. The number of hydrogen-bond donors (Lipinski definition) is 2. The zero-order valence-corrected chi connectivity index (χ0v) is 13.2. The van der Waals surface area contributed by atoms with Gasteiger partial charge in [-0.2, -0.15) is 0 Å². The van der Waals surface area contributed by atoms with Crippen LogP contribution in [0.2, 0.25) is 0 Å². The molecule has 0 aliphatic carbocycles. The van der Waals surface area contributed by atoms with Gasteiger partial charge in [0.1, 0.15) is 5.75 Å². The molecule has 1 amide bonds. The van der Waals surface area contributed by atoms with E-state index in [9.17, 15) is 4.79 Å². The zero-order valence-electron chi connectivity index (χ0n) is 13.2. The molecule has 2 heterocycles. The summed E-state index contributed by atoms with van der Waals surface area (Å²) in [6.07, 6.45) is 3.50. The van der Waals surface area contributed by atoms with Gasteiger partial charge in [0.15, 0.2) is 0 Å². The number of methoxy groups -OCH3 is 1. The Kier molecular flexibility index (Phi) is 4.88. The van der Waals surface area contributed by atoms with Crippen molar-refractivity contribution in [1.29, 1.82) is 0 Å². The van der Waals surface area contributed by atoms with Crippen LogP contribution in [0.4, 0.5) is 0 Å². The number of rotatable bonds is 5. The number of amides is 1. The van der Waals surface area contributed by atoms with Crippen molar-refractivity contribution in [3.63, 3.8) is 0 Å². The van der Waals surface area contributed by atoms with Gasteiger partial charge in [-0.1, -0.05) is 18.2 Å². The van der Waals surface area contributed by atoms with Gasteiger partial charge in [0, 0.05) is 37.9 Å². The number of nitrogens with one attached hydrogen (secondary N) is 2. The Hall–Kier alpha value is -2.40. The van der Waals surface area contributed by atoms with Gasteiger partial charge in [-0.3, -0.25) is 9.78 Å². The molecule has 2 N–H and O–H groups in total. The van der Waals surface area contributed by atoms with Crippen LogP contribution in [-0.2, 0) is 11.3 Å². The summed E-state index contributed by atoms with van der Waals surface area (Å²) < 4.78 is 5.29. The smallest absolute Gasteiger partial charge is 0.225 e. The molecule has 3 rings (SSSR count). The number of carbonyl (C=O) groups excluding carboxylic acids is 1. The van der Waals surface area contributed by atoms with E-state index in [1.54, 1.807) is 19.5 Å². The molecule has 5 nitrogen and oxygen atoms in total. The maximum Gasteiger partial charge on any atom is 0.225 e. The van der Waals surface area contributed by atoms with Crippen molar-refractivity contribution < 1.29 is 9.53 Å². The second-order valence-corrected chi connectivity index (χ2v) is 5.73. The highest BCUT2D eigenvalue weighted by Gasteiger charge is 2.33. The summed E-state index contributed by atoms with van der Waals surface area (Å²) in [4.78, 5) is 16.6. The Balaban J connectivity index is 1.67. The van der Waals surface area contributed by atoms with E-state index < -0.39 is 0 Å². The fraction of sp³-hybridized carbons (Fsp3) is 0.333. The molecule has 120 valence electrons. The minimum Gasteiger partial charge on any atom is -0.497 e. The van der Waals surface area contributed by atoms with Gasteiger partial charge in [-0.25, -0.2) is 0 Å². The lowest BCUT2D eigenvalue weighted by Crippen LogP contribution is -2.34. The summed E-state index contributed by atoms with van der Waals surface area (Å²) >= 11 is 0. The number of carbonyl (C=O) groups is 1. The Morgan fingerprint density at radius 1 is 1.35 bits per heavy atom. The first-order valence-corrected chi connectivity index (χ1v) is 7.79. The minimum atomic E-state index is -0.0706. The molecule has 1 aromatic heterocycles. The fourth-order valence-electron chi connectivity index (χ4n) is 3.00.